The molecule has 98 valence electrons. The Hall–Kier alpha value is -2.28. The van der Waals surface area contributed by atoms with Crippen LogP contribution in [0.1, 0.15) is 24.8 Å². The van der Waals surface area contributed by atoms with Crippen molar-refractivity contribution in [1.82, 2.24) is 0 Å². The maximum absolute atomic E-state index is 10.4. The van der Waals surface area contributed by atoms with Crippen LogP contribution in [0.2, 0.25) is 0 Å². The molecule has 1 aliphatic rings. The first-order valence-electron chi connectivity index (χ1n) is 6.35. The number of nitrogens with zero attached hydrogens (tertiary/aromatic N) is 2. The quantitative estimate of drug-likeness (QED) is 0.795. The van der Waals surface area contributed by atoms with Gasteiger partial charge >= 0.3 is 5.97 Å². The van der Waals surface area contributed by atoms with Gasteiger partial charge in [-0.1, -0.05) is 12.1 Å². The third-order valence-corrected chi connectivity index (χ3v) is 3.10. The number of carboxylic acid groups (broad SMARTS) is 1. The van der Waals surface area contributed by atoms with E-state index in [2.05, 4.69) is 11.0 Å². The number of benzene rings is 1. The Bertz CT molecular complexity index is 510. The van der Waals surface area contributed by atoms with E-state index < -0.39 is 5.97 Å². The van der Waals surface area contributed by atoms with E-state index in [0.717, 1.165) is 23.9 Å². The van der Waals surface area contributed by atoms with Gasteiger partial charge in [-0.2, -0.15) is 5.26 Å². The second-order valence-corrected chi connectivity index (χ2v) is 4.60. The summed E-state index contributed by atoms with van der Waals surface area (Å²) in [7, 11) is 0. The lowest BCUT2D eigenvalue weighted by molar-refractivity contribution is -0.131. The molecule has 0 spiro atoms. The maximum atomic E-state index is 10.4. The molecule has 0 radical (unpaired) electrons. The molecule has 0 heterocycles. The average molecular weight is 256 g/mol. The van der Waals surface area contributed by atoms with E-state index in [9.17, 15) is 4.79 Å². The zero-order valence-corrected chi connectivity index (χ0v) is 10.6. The molecule has 0 bridgehead atoms. The van der Waals surface area contributed by atoms with Gasteiger partial charge in [0.25, 0.3) is 0 Å². The summed E-state index contributed by atoms with van der Waals surface area (Å²) in [5.41, 5.74) is 1.97. The van der Waals surface area contributed by atoms with Gasteiger partial charge in [-0.25, -0.2) is 4.79 Å². The van der Waals surface area contributed by atoms with E-state index in [1.807, 2.05) is 24.3 Å². The number of carbonyl (C=O) groups is 1. The highest BCUT2D eigenvalue weighted by Gasteiger charge is 2.28. The Kier molecular flexibility index (Phi) is 4.19. The van der Waals surface area contributed by atoms with Crippen molar-refractivity contribution in [3.05, 3.63) is 35.9 Å². The molecule has 0 saturated heterocycles. The van der Waals surface area contributed by atoms with Crippen LogP contribution in [0.5, 0.6) is 0 Å². The van der Waals surface area contributed by atoms with Gasteiger partial charge in [-0.15, -0.1) is 0 Å². The normalized spacial score (nSPS) is 14.3. The molecule has 1 N–H and O–H groups in total. The second kappa shape index (κ2) is 6.05. The van der Waals surface area contributed by atoms with Crippen molar-refractivity contribution < 1.29 is 9.90 Å². The Morgan fingerprint density at radius 3 is 2.63 bits per heavy atom. The van der Waals surface area contributed by atoms with Gasteiger partial charge in [0.05, 0.1) is 12.5 Å². The first-order valence-corrected chi connectivity index (χ1v) is 6.35. The van der Waals surface area contributed by atoms with Gasteiger partial charge in [0.2, 0.25) is 0 Å². The van der Waals surface area contributed by atoms with Crippen LogP contribution in [0.4, 0.5) is 5.69 Å². The second-order valence-electron chi connectivity index (χ2n) is 4.60. The molecule has 1 saturated carbocycles. The van der Waals surface area contributed by atoms with E-state index in [-0.39, 0.29) is 0 Å². The van der Waals surface area contributed by atoms with Gasteiger partial charge in [-0.05, 0) is 36.6 Å². The molecule has 0 aliphatic heterocycles. The summed E-state index contributed by atoms with van der Waals surface area (Å²) in [4.78, 5) is 12.7. The number of nitriles is 1. The molecule has 1 aliphatic carbocycles. The summed E-state index contributed by atoms with van der Waals surface area (Å²) < 4.78 is 0. The van der Waals surface area contributed by atoms with Crippen LogP contribution in [-0.4, -0.2) is 23.7 Å². The zero-order valence-electron chi connectivity index (χ0n) is 10.6. The molecular formula is C15H16N2O2. The average Bonchev–Trinajstić information content (AvgIpc) is 3.23. The summed E-state index contributed by atoms with van der Waals surface area (Å²) >= 11 is 0. The molecule has 0 aromatic heterocycles. The summed E-state index contributed by atoms with van der Waals surface area (Å²) in [6.07, 6.45) is 5.60. The Morgan fingerprint density at radius 1 is 1.42 bits per heavy atom. The van der Waals surface area contributed by atoms with Gasteiger partial charge < -0.3 is 10.0 Å². The summed E-state index contributed by atoms with van der Waals surface area (Å²) in [6.45, 7) is 0.755. The predicted octanol–water partition coefficient (Wildman–Crippen LogP) is 2.67. The fraction of sp³-hybridized carbons (Fsp3) is 0.333. The van der Waals surface area contributed by atoms with E-state index in [4.69, 9.17) is 10.4 Å². The number of carboxylic acids is 1. The van der Waals surface area contributed by atoms with E-state index >= 15 is 0 Å². The number of aliphatic carboxylic acids is 1. The number of hydrogen-bond acceptors (Lipinski definition) is 3. The van der Waals surface area contributed by atoms with Crippen LogP contribution in [0.15, 0.2) is 30.3 Å². The Morgan fingerprint density at radius 2 is 2.11 bits per heavy atom. The first-order chi connectivity index (χ1) is 9.20. The highest BCUT2D eigenvalue weighted by Crippen LogP contribution is 2.31. The highest BCUT2D eigenvalue weighted by atomic mass is 16.4. The fourth-order valence-electron chi connectivity index (χ4n) is 2.02. The molecular weight excluding hydrogens is 240 g/mol. The van der Waals surface area contributed by atoms with Crippen LogP contribution < -0.4 is 4.90 Å². The van der Waals surface area contributed by atoms with Gasteiger partial charge in [0, 0.05) is 24.4 Å². The zero-order chi connectivity index (χ0) is 13.7. The van der Waals surface area contributed by atoms with Gasteiger partial charge in [0.15, 0.2) is 0 Å². The lowest BCUT2D eigenvalue weighted by Crippen LogP contribution is -2.26. The third-order valence-electron chi connectivity index (χ3n) is 3.10. The summed E-state index contributed by atoms with van der Waals surface area (Å²) in [5.74, 6) is -0.947. The standard InChI is InChI=1S/C15H16N2O2/c16-10-1-11-17(14-7-8-14)13-5-2-12(3-6-13)4-9-15(18)19/h2-6,9,14H,1,7-8,11H2,(H,18,19). The number of anilines is 1. The van der Waals surface area contributed by atoms with Crippen molar-refractivity contribution in [2.75, 3.05) is 11.4 Å². The fourth-order valence-corrected chi connectivity index (χ4v) is 2.02. The molecule has 1 aromatic carbocycles. The molecule has 4 nitrogen and oxygen atoms in total. The van der Waals surface area contributed by atoms with E-state index in [1.165, 1.54) is 12.8 Å². The molecule has 4 heteroatoms. The first kappa shape index (κ1) is 13.2. The van der Waals surface area contributed by atoms with Crippen LogP contribution in [0.25, 0.3) is 6.08 Å². The minimum Gasteiger partial charge on any atom is -0.478 e. The van der Waals surface area contributed by atoms with Crippen LogP contribution in [0, 0.1) is 11.3 Å². The lowest BCUT2D eigenvalue weighted by Gasteiger charge is -2.23. The lowest BCUT2D eigenvalue weighted by atomic mass is 10.1. The van der Waals surface area contributed by atoms with Crippen molar-refractivity contribution in [1.29, 1.82) is 5.26 Å². The van der Waals surface area contributed by atoms with Crippen LogP contribution >= 0.6 is 0 Å². The molecule has 1 aromatic rings. The molecule has 1 fully saturated rings. The minimum atomic E-state index is -0.947. The van der Waals surface area contributed by atoms with Crippen molar-refractivity contribution >= 4 is 17.7 Å². The SMILES string of the molecule is N#CCCN(c1ccc(C=CC(=O)O)cc1)C1CC1. The summed E-state index contributed by atoms with van der Waals surface area (Å²) in [6, 6.07) is 10.5. The summed E-state index contributed by atoms with van der Waals surface area (Å²) in [5, 5.41) is 17.3. The van der Waals surface area contributed by atoms with Crippen molar-refractivity contribution in [2.45, 2.75) is 25.3 Å². The molecule has 19 heavy (non-hydrogen) atoms. The maximum Gasteiger partial charge on any atom is 0.328 e. The van der Waals surface area contributed by atoms with E-state index in [0.29, 0.717) is 12.5 Å². The highest BCUT2D eigenvalue weighted by molar-refractivity contribution is 5.85. The number of hydrogen-bond donors (Lipinski definition) is 1. The number of rotatable bonds is 6. The molecule has 0 atom stereocenters. The Balaban J connectivity index is 2.07. The smallest absolute Gasteiger partial charge is 0.328 e. The van der Waals surface area contributed by atoms with Crippen molar-refractivity contribution in [3.8, 4) is 6.07 Å². The van der Waals surface area contributed by atoms with Crippen LogP contribution in [0.3, 0.4) is 0 Å². The van der Waals surface area contributed by atoms with Gasteiger partial charge in [0.1, 0.15) is 0 Å². The predicted molar refractivity (Wildman–Crippen MR) is 73.7 cm³/mol. The van der Waals surface area contributed by atoms with Crippen molar-refractivity contribution in [2.24, 2.45) is 0 Å². The minimum absolute atomic E-state index is 0.525. The van der Waals surface area contributed by atoms with Gasteiger partial charge in [-0.3, -0.25) is 0 Å². The molecule has 0 unspecified atom stereocenters. The molecule has 0 amide bonds. The third kappa shape index (κ3) is 3.85. The van der Waals surface area contributed by atoms with Crippen molar-refractivity contribution in [3.63, 3.8) is 0 Å². The topological polar surface area (TPSA) is 64.3 Å². The van der Waals surface area contributed by atoms with E-state index in [1.54, 1.807) is 6.08 Å². The van der Waals surface area contributed by atoms with Crippen LogP contribution in [-0.2, 0) is 4.79 Å². The molecule has 2 rings (SSSR count). The Labute approximate surface area is 112 Å². The monoisotopic (exact) mass is 256 g/mol. The largest absolute Gasteiger partial charge is 0.478 e.